The van der Waals surface area contributed by atoms with Crippen LogP contribution in [0, 0.1) is 24.6 Å². The van der Waals surface area contributed by atoms with Crippen LogP contribution in [0.3, 0.4) is 0 Å². The number of hydrogen-bond donors (Lipinski definition) is 1. The van der Waals surface area contributed by atoms with E-state index in [1.165, 1.54) is 12.5 Å². The summed E-state index contributed by atoms with van der Waals surface area (Å²) in [6, 6.07) is 4.85. The molecular weight excluding hydrogens is 227 g/mol. The number of hydrogen-bond acceptors (Lipinski definition) is 1. The van der Waals surface area contributed by atoms with Crippen molar-refractivity contribution < 1.29 is 9.50 Å². The Bertz CT molecular complexity index is 417. The molecule has 1 aliphatic carbocycles. The van der Waals surface area contributed by atoms with E-state index in [1.807, 2.05) is 13.0 Å². The van der Waals surface area contributed by atoms with Crippen LogP contribution in [0.4, 0.5) is 4.39 Å². The van der Waals surface area contributed by atoms with Gasteiger partial charge in [-0.25, -0.2) is 4.39 Å². The van der Waals surface area contributed by atoms with E-state index in [0.29, 0.717) is 18.3 Å². The predicted octanol–water partition coefficient (Wildman–Crippen LogP) is 3.86. The van der Waals surface area contributed by atoms with Gasteiger partial charge in [-0.3, -0.25) is 0 Å². The van der Waals surface area contributed by atoms with E-state index in [-0.39, 0.29) is 5.82 Å². The standard InChI is InChI=1S/C16H23FO/c1-11-6-12(2)9-16(18,8-11)10-14-4-5-15(17)7-13(14)3/h4-5,7,11-12,18H,6,8-10H2,1-3H3. The molecule has 1 aromatic rings. The molecule has 18 heavy (non-hydrogen) atoms. The van der Waals surface area contributed by atoms with Crippen molar-refractivity contribution in [2.75, 3.05) is 0 Å². The third kappa shape index (κ3) is 3.11. The molecule has 1 aromatic carbocycles. The molecule has 2 atom stereocenters. The zero-order valence-electron chi connectivity index (χ0n) is 11.5. The SMILES string of the molecule is Cc1cc(F)ccc1CC1(O)CC(C)CC(C)C1. The van der Waals surface area contributed by atoms with Crippen molar-refractivity contribution in [3.63, 3.8) is 0 Å². The van der Waals surface area contributed by atoms with Crippen LogP contribution in [0.25, 0.3) is 0 Å². The molecule has 0 spiro atoms. The smallest absolute Gasteiger partial charge is 0.123 e. The molecule has 2 unspecified atom stereocenters. The van der Waals surface area contributed by atoms with Gasteiger partial charge in [-0.2, -0.15) is 0 Å². The molecule has 0 amide bonds. The number of halogens is 1. The van der Waals surface area contributed by atoms with Gasteiger partial charge >= 0.3 is 0 Å². The van der Waals surface area contributed by atoms with E-state index in [2.05, 4.69) is 13.8 Å². The van der Waals surface area contributed by atoms with Gasteiger partial charge in [0.1, 0.15) is 5.82 Å². The van der Waals surface area contributed by atoms with Crippen LogP contribution < -0.4 is 0 Å². The van der Waals surface area contributed by atoms with Crippen LogP contribution in [0.1, 0.15) is 44.2 Å². The molecule has 0 aliphatic heterocycles. The Kier molecular flexibility index (Phi) is 3.76. The Morgan fingerprint density at radius 1 is 1.28 bits per heavy atom. The molecule has 2 rings (SSSR count). The van der Waals surface area contributed by atoms with Crippen molar-refractivity contribution in [1.82, 2.24) is 0 Å². The molecule has 1 fully saturated rings. The Labute approximate surface area is 109 Å². The van der Waals surface area contributed by atoms with Crippen LogP contribution in [0.5, 0.6) is 0 Å². The summed E-state index contributed by atoms with van der Waals surface area (Å²) in [6.07, 6.45) is 3.56. The Morgan fingerprint density at radius 3 is 2.44 bits per heavy atom. The number of aliphatic hydroxyl groups is 1. The summed E-state index contributed by atoms with van der Waals surface area (Å²) in [5.74, 6) is 0.938. The van der Waals surface area contributed by atoms with Gasteiger partial charge in [0.05, 0.1) is 5.60 Å². The van der Waals surface area contributed by atoms with Crippen LogP contribution in [0.15, 0.2) is 18.2 Å². The molecule has 0 radical (unpaired) electrons. The summed E-state index contributed by atoms with van der Waals surface area (Å²) in [4.78, 5) is 0. The van der Waals surface area contributed by atoms with E-state index in [4.69, 9.17) is 0 Å². The third-order valence-electron chi connectivity index (χ3n) is 4.09. The molecule has 1 nitrogen and oxygen atoms in total. The molecule has 1 aliphatic rings. The lowest BCUT2D eigenvalue weighted by atomic mass is 9.71. The highest BCUT2D eigenvalue weighted by Gasteiger charge is 2.36. The molecule has 0 heterocycles. The van der Waals surface area contributed by atoms with Crippen molar-refractivity contribution in [2.45, 2.75) is 52.1 Å². The maximum Gasteiger partial charge on any atom is 0.123 e. The van der Waals surface area contributed by atoms with Crippen LogP contribution in [-0.2, 0) is 6.42 Å². The van der Waals surface area contributed by atoms with E-state index in [0.717, 1.165) is 24.0 Å². The third-order valence-corrected chi connectivity index (χ3v) is 4.09. The fourth-order valence-corrected chi connectivity index (χ4v) is 3.59. The van der Waals surface area contributed by atoms with Gasteiger partial charge in [0.25, 0.3) is 0 Å². The Morgan fingerprint density at radius 2 is 1.89 bits per heavy atom. The van der Waals surface area contributed by atoms with Gasteiger partial charge in [0.2, 0.25) is 0 Å². The molecule has 1 N–H and O–H groups in total. The second-order valence-electron chi connectivity index (χ2n) is 6.33. The number of benzene rings is 1. The fraction of sp³-hybridized carbons (Fsp3) is 0.625. The van der Waals surface area contributed by atoms with Gasteiger partial charge < -0.3 is 5.11 Å². The predicted molar refractivity (Wildman–Crippen MR) is 72.0 cm³/mol. The van der Waals surface area contributed by atoms with Crippen molar-refractivity contribution >= 4 is 0 Å². The zero-order valence-corrected chi connectivity index (χ0v) is 11.5. The normalized spacial score (nSPS) is 32.5. The molecule has 100 valence electrons. The van der Waals surface area contributed by atoms with Crippen LogP contribution in [-0.4, -0.2) is 10.7 Å². The molecule has 0 saturated heterocycles. The average Bonchev–Trinajstić information content (AvgIpc) is 2.20. The van der Waals surface area contributed by atoms with Crippen LogP contribution >= 0.6 is 0 Å². The summed E-state index contributed by atoms with van der Waals surface area (Å²) >= 11 is 0. The van der Waals surface area contributed by atoms with Gasteiger partial charge in [0.15, 0.2) is 0 Å². The highest BCUT2D eigenvalue weighted by atomic mass is 19.1. The second kappa shape index (κ2) is 5.00. The Hall–Kier alpha value is -0.890. The highest BCUT2D eigenvalue weighted by Crippen LogP contribution is 2.38. The highest BCUT2D eigenvalue weighted by molar-refractivity contribution is 5.28. The molecular formula is C16H23FO. The average molecular weight is 250 g/mol. The van der Waals surface area contributed by atoms with Gasteiger partial charge in [-0.05, 0) is 61.3 Å². The topological polar surface area (TPSA) is 20.2 Å². The first-order valence-corrected chi connectivity index (χ1v) is 6.85. The first-order chi connectivity index (χ1) is 8.38. The minimum atomic E-state index is -0.611. The monoisotopic (exact) mass is 250 g/mol. The first-order valence-electron chi connectivity index (χ1n) is 6.85. The van der Waals surface area contributed by atoms with Crippen molar-refractivity contribution in [3.05, 3.63) is 35.1 Å². The molecule has 1 saturated carbocycles. The minimum absolute atomic E-state index is 0.200. The minimum Gasteiger partial charge on any atom is -0.390 e. The van der Waals surface area contributed by atoms with Crippen molar-refractivity contribution in [3.8, 4) is 0 Å². The number of aryl methyl sites for hydroxylation is 1. The van der Waals surface area contributed by atoms with Gasteiger partial charge in [-0.15, -0.1) is 0 Å². The molecule has 2 heteroatoms. The lowest BCUT2D eigenvalue weighted by molar-refractivity contribution is -0.0305. The summed E-state index contributed by atoms with van der Waals surface area (Å²) in [5.41, 5.74) is 1.40. The zero-order chi connectivity index (χ0) is 13.3. The van der Waals surface area contributed by atoms with Gasteiger partial charge in [0, 0.05) is 6.42 Å². The summed E-state index contributed by atoms with van der Waals surface area (Å²) in [5, 5.41) is 10.8. The Balaban J connectivity index is 2.16. The molecule has 0 bridgehead atoms. The van der Waals surface area contributed by atoms with E-state index >= 15 is 0 Å². The largest absolute Gasteiger partial charge is 0.390 e. The fourth-order valence-electron chi connectivity index (χ4n) is 3.59. The van der Waals surface area contributed by atoms with E-state index < -0.39 is 5.60 Å². The first kappa shape index (κ1) is 13.5. The lowest BCUT2D eigenvalue weighted by Gasteiger charge is -2.39. The summed E-state index contributed by atoms with van der Waals surface area (Å²) < 4.78 is 13.1. The maximum atomic E-state index is 13.1. The second-order valence-corrected chi connectivity index (χ2v) is 6.33. The maximum absolute atomic E-state index is 13.1. The van der Waals surface area contributed by atoms with Crippen molar-refractivity contribution in [1.29, 1.82) is 0 Å². The quantitative estimate of drug-likeness (QED) is 0.845. The number of rotatable bonds is 2. The van der Waals surface area contributed by atoms with E-state index in [9.17, 15) is 9.50 Å². The van der Waals surface area contributed by atoms with E-state index in [1.54, 1.807) is 6.07 Å². The lowest BCUT2D eigenvalue weighted by Crippen LogP contribution is -2.40. The summed E-state index contributed by atoms with van der Waals surface area (Å²) in [7, 11) is 0. The van der Waals surface area contributed by atoms with Crippen LogP contribution in [0.2, 0.25) is 0 Å². The van der Waals surface area contributed by atoms with Gasteiger partial charge in [-0.1, -0.05) is 19.9 Å². The molecule has 0 aromatic heterocycles. The summed E-state index contributed by atoms with van der Waals surface area (Å²) in [6.45, 7) is 6.33. The van der Waals surface area contributed by atoms with Crippen molar-refractivity contribution in [2.24, 2.45) is 11.8 Å².